The standard InChI is InChI=1S/C22H22N4O3/c1-28-18-9-6-15(7-10-18)20-12-26-19(13-29-20)21(24-25-26)22(27)23-17-8-5-14-3-2-4-16(14)11-17/h5-11,20H,2-4,12-13H2,1H3,(H,23,27)/t20-/m0/s1. The Kier molecular flexibility index (Phi) is 4.52. The Balaban J connectivity index is 1.31. The van der Waals surface area contributed by atoms with Crippen LogP contribution >= 0.6 is 0 Å². The highest BCUT2D eigenvalue weighted by Crippen LogP contribution is 2.29. The van der Waals surface area contributed by atoms with E-state index in [0.717, 1.165) is 29.8 Å². The zero-order valence-electron chi connectivity index (χ0n) is 16.2. The number of ether oxygens (including phenoxy) is 2. The number of hydrogen-bond acceptors (Lipinski definition) is 5. The van der Waals surface area contributed by atoms with Gasteiger partial charge in [-0.25, -0.2) is 4.68 Å². The van der Waals surface area contributed by atoms with Gasteiger partial charge in [0.1, 0.15) is 11.9 Å². The number of carbonyl (C=O) groups excluding carboxylic acids is 1. The molecule has 0 radical (unpaired) electrons. The largest absolute Gasteiger partial charge is 0.497 e. The molecule has 2 aliphatic rings. The number of aryl methyl sites for hydroxylation is 2. The summed E-state index contributed by atoms with van der Waals surface area (Å²) >= 11 is 0. The molecule has 7 nitrogen and oxygen atoms in total. The average Bonchev–Trinajstić information content (AvgIpc) is 3.39. The Hall–Kier alpha value is -3.19. The van der Waals surface area contributed by atoms with E-state index in [1.54, 1.807) is 11.8 Å². The van der Waals surface area contributed by atoms with Gasteiger partial charge < -0.3 is 14.8 Å². The molecule has 7 heteroatoms. The number of carbonyl (C=O) groups is 1. The van der Waals surface area contributed by atoms with Crippen LogP contribution in [0.25, 0.3) is 0 Å². The van der Waals surface area contributed by atoms with Crippen molar-refractivity contribution in [1.82, 2.24) is 15.0 Å². The van der Waals surface area contributed by atoms with Gasteiger partial charge in [-0.05, 0) is 60.2 Å². The summed E-state index contributed by atoms with van der Waals surface area (Å²) in [7, 11) is 1.64. The van der Waals surface area contributed by atoms with Crippen LogP contribution in [-0.4, -0.2) is 28.0 Å². The predicted octanol–water partition coefficient (Wildman–Crippen LogP) is 3.30. The van der Waals surface area contributed by atoms with Crippen LogP contribution in [0.4, 0.5) is 5.69 Å². The molecule has 29 heavy (non-hydrogen) atoms. The molecule has 1 aliphatic carbocycles. The second-order valence-corrected chi connectivity index (χ2v) is 7.43. The van der Waals surface area contributed by atoms with E-state index in [1.807, 2.05) is 30.3 Å². The van der Waals surface area contributed by atoms with E-state index in [4.69, 9.17) is 9.47 Å². The van der Waals surface area contributed by atoms with Crippen molar-refractivity contribution in [3.05, 3.63) is 70.5 Å². The van der Waals surface area contributed by atoms with Crippen LogP contribution in [0, 0.1) is 0 Å². The first kappa shape index (κ1) is 17.9. The fourth-order valence-corrected chi connectivity index (χ4v) is 4.05. The zero-order valence-corrected chi connectivity index (χ0v) is 16.2. The molecule has 3 aromatic rings. The summed E-state index contributed by atoms with van der Waals surface area (Å²) < 4.78 is 13.0. The Labute approximate surface area is 168 Å². The fraction of sp³-hybridized carbons (Fsp3) is 0.318. The highest BCUT2D eigenvalue weighted by molar-refractivity contribution is 6.03. The summed E-state index contributed by atoms with van der Waals surface area (Å²) in [5.74, 6) is 0.548. The number of nitrogens with one attached hydrogen (secondary N) is 1. The van der Waals surface area contributed by atoms with E-state index < -0.39 is 0 Å². The number of methoxy groups -OCH3 is 1. The third kappa shape index (κ3) is 3.38. The van der Waals surface area contributed by atoms with E-state index in [0.29, 0.717) is 17.9 Å². The summed E-state index contributed by atoms with van der Waals surface area (Å²) in [6.45, 7) is 0.803. The number of benzene rings is 2. The van der Waals surface area contributed by atoms with Gasteiger partial charge in [0.15, 0.2) is 5.69 Å². The summed E-state index contributed by atoms with van der Waals surface area (Å²) in [5.41, 5.74) is 5.55. The van der Waals surface area contributed by atoms with E-state index in [2.05, 4.69) is 27.8 Å². The number of hydrogen-bond donors (Lipinski definition) is 1. The van der Waals surface area contributed by atoms with Gasteiger partial charge in [0.2, 0.25) is 0 Å². The lowest BCUT2D eigenvalue weighted by molar-refractivity contribution is -0.00173. The van der Waals surface area contributed by atoms with Gasteiger partial charge in [0.25, 0.3) is 5.91 Å². The van der Waals surface area contributed by atoms with Gasteiger partial charge in [-0.15, -0.1) is 5.10 Å². The molecule has 2 aromatic carbocycles. The molecule has 1 N–H and O–H groups in total. The molecule has 0 saturated carbocycles. The maximum Gasteiger partial charge on any atom is 0.278 e. The number of amides is 1. The molecule has 1 aliphatic heterocycles. The maximum atomic E-state index is 12.8. The van der Waals surface area contributed by atoms with E-state index >= 15 is 0 Å². The monoisotopic (exact) mass is 390 g/mol. The van der Waals surface area contributed by atoms with E-state index in [1.165, 1.54) is 17.5 Å². The van der Waals surface area contributed by atoms with Gasteiger partial charge in [0.05, 0.1) is 26.0 Å². The van der Waals surface area contributed by atoms with Gasteiger partial charge in [-0.1, -0.05) is 23.4 Å². The molecule has 0 unspecified atom stereocenters. The second-order valence-electron chi connectivity index (χ2n) is 7.43. The Bertz CT molecular complexity index is 1060. The number of fused-ring (bicyclic) bond motifs is 2. The topological polar surface area (TPSA) is 78.3 Å². The van der Waals surface area contributed by atoms with Crippen LogP contribution in [0.15, 0.2) is 42.5 Å². The van der Waals surface area contributed by atoms with Crippen LogP contribution in [0.1, 0.15) is 45.4 Å². The SMILES string of the molecule is COc1ccc([C@@H]2Cn3nnc(C(=O)Nc4ccc5c(c4)CCC5)c3CO2)cc1. The van der Waals surface area contributed by atoms with Crippen LogP contribution in [0.5, 0.6) is 5.75 Å². The van der Waals surface area contributed by atoms with Crippen LogP contribution in [0.3, 0.4) is 0 Å². The molecule has 1 atom stereocenters. The molecule has 0 fully saturated rings. The van der Waals surface area contributed by atoms with Crippen LogP contribution in [-0.2, 0) is 30.7 Å². The lowest BCUT2D eigenvalue weighted by Crippen LogP contribution is -2.24. The minimum atomic E-state index is -0.254. The molecule has 2 heterocycles. The van der Waals surface area contributed by atoms with Gasteiger partial charge in [-0.2, -0.15) is 0 Å². The van der Waals surface area contributed by atoms with E-state index in [9.17, 15) is 4.79 Å². The summed E-state index contributed by atoms with van der Waals surface area (Å²) in [4.78, 5) is 12.8. The number of nitrogens with zero attached hydrogens (tertiary/aromatic N) is 3. The highest BCUT2D eigenvalue weighted by Gasteiger charge is 2.28. The molecule has 0 bridgehead atoms. The molecular weight excluding hydrogens is 368 g/mol. The van der Waals surface area contributed by atoms with Crippen molar-refractivity contribution in [1.29, 1.82) is 0 Å². The molecule has 0 spiro atoms. The summed E-state index contributed by atoms with van der Waals surface area (Å²) in [6, 6.07) is 13.9. The van der Waals surface area contributed by atoms with Crippen molar-refractivity contribution in [2.45, 2.75) is 38.5 Å². The third-order valence-corrected chi connectivity index (χ3v) is 5.66. The van der Waals surface area contributed by atoms with Gasteiger partial charge in [0, 0.05) is 5.69 Å². The van der Waals surface area contributed by atoms with Gasteiger partial charge in [-0.3, -0.25) is 4.79 Å². The lowest BCUT2D eigenvalue weighted by Gasteiger charge is -2.24. The first-order chi connectivity index (χ1) is 14.2. The molecule has 5 rings (SSSR count). The number of aromatic nitrogens is 3. The van der Waals surface area contributed by atoms with Crippen molar-refractivity contribution in [2.24, 2.45) is 0 Å². The van der Waals surface area contributed by atoms with Crippen molar-refractivity contribution in [2.75, 3.05) is 12.4 Å². The maximum absolute atomic E-state index is 12.8. The van der Waals surface area contributed by atoms with Crippen molar-refractivity contribution >= 4 is 11.6 Å². The zero-order chi connectivity index (χ0) is 19.8. The van der Waals surface area contributed by atoms with Crippen molar-refractivity contribution in [3.63, 3.8) is 0 Å². The Morgan fingerprint density at radius 1 is 1.17 bits per heavy atom. The third-order valence-electron chi connectivity index (χ3n) is 5.66. The first-order valence-corrected chi connectivity index (χ1v) is 9.82. The molecule has 148 valence electrons. The smallest absolute Gasteiger partial charge is 0.278 e. The molecule has 1 aromatic heterocycles. The molecule has 0 saturated heterocycles. The summed E-state index contributed by atoms with van der Waals surface area (Å²) in [5, 5.41) is 11.3. The Morgan fingerprint density at radius 2 is 2.00 bits per heavy atom. The Morgan fingerprint density at radius 3 is 2.83 bits per heavy atom. The minimum absolute atomic E-state index is 0.136. The number of anilines is 1. The fourth-order valence-electron chi connectivity index (χ4n) is 4.05. The minimum Gasteiger partial charge on any atom is -0.497 e. The van der Waals surface area contributed by atoms with E-state index in [-0.39, 0.29) is 18.6 Å². The van der Waals surface area contributed by atoms with Gasteiger partial charge >= 0.3 is 0 Å². The predicted molar refractivity (Wildman–Crippen MR) is 107 cm³/mol. The van der Waals surface area contributed by atoms with Crippen molar-refractivity contribution < 1.29 is 14.3 Å². The lowest BCUT2D eigenvalue weighted by atomic mass is 10.1. The normalized spacial score (nSPS) is 17.5. The highest BCUT2D eigenvalue weighted by atomic mass is 16.5. The average molecular weight is 390 g/mol. The number of rotatable bonds is 4. The van der Waals surface area contributed by atoms with Crippen LogP contribution < -0.4 is 10.1 Å². The second kappa shape index (κ2) is 7.33. The van der Waals surface area contributed by atoms with Crippen LogP contribution in [0.2, 0.25) is 0 Å². The summed E-state index contributed by atoms with van der Waals surface area (Å²) in [6.07, 6.45) is 3.23. The molecular formula is C22H22N4O3. The quantitative estimate of drug-likeness (QED) is 0.740. The molecule has 1 amide bonds. The first-order valence-electron chi connectivity index (χ1n) is 9.82. The van der Waals surface area contributed by atoms with Crippen molar-refractivity contribution in [3.8, 4) is 5.75 Å².